The third-order valence-corrected chi connectivity index (χ3v) is 4.81. The number of hydrogen-bond donors (Lipinski definition) is 0. The van der Waals surface area contributed by atoms with E-state index in [0.717, 1.165) is 50.5 Å². The molecule has 0 radical (unpaired) electrons. The number of aromatic nitrogens is 4. The first kappa shape index (κ1) is 17.7. The van der Waals surface area contributed by atoms with Crippen molar-refractivity contribution in [2.75, 3.05) is 26.2 Å². The molecule has 0 aromatic carbocycles. The smallest absolute Gasteiger partial charge is 0.224 e. The highest BCUT2D eigenvalue weighted by Gasteiger charge is 2.21. The maximum atomic E-state index is 12.4. The van der Waals surface area contributed by atoms with Crippen molar-refractivity contribution in [1.82, 2.24) is 29.4 Å². The molecule has 0 unspecified atom stereocenters. The van der Waals surface area contributed by atoms with Gasteiger partial charge in [0.1, 0.15) is 0 Å². The average molecular weight is 344 g/mol. The van der Waals surface area contributed by atoms with Crippen LogP contribution in [-0.2, 0) is 24.4 Å². The van der Waals surface area contributed by atoms with Crippen LogP contribution in [-0.4, -0.2) is 61.4 Å². The molecule has 0 bridgehead atoms. The standard InChI is InChI=1S/C18H28N6O/c1-4-23-14-17(16(3)20-23)13-21-7-9-22(10-8-21)18(25)5-6-24-12-15(2)11-19-24/h11-12,14H,4-10,13H2,1-3H3. The second kappa shape index (κ2) is 7.82. The maximum Gasteiger partial charge on any atom is 0.224 e. The third kappa shape index (κ3) is 4.48. The van der Waals surface area contributed by atoms with Crippen molar-refractivity contribution >= 4 is 5.91 Å². The van der Waals surface area contributed by atoms with Crippen molar-refractivity contribution in [3.05, 3.63) is 35.4 Å². The fourth-order valence-electron chi connectivity index (χ4n) is 3.23. The molecule has 0 spiro atoms. The Bertz CT molecular complexity index is 711. The van der Waals surface area contributed by atoms with E-state index in [9.17, 15) is 4.79 Å². The van der Waals surface area contributed by atoms with Crippen LogP contribution in [0.2, 0.25) is 0 Å². The van der Waals surface area contributed by atoms with Gasteiger partial charge in [-0.25, -0.2) is 0 Å². The summed E-state index contributed by atoms with van der Waals surface area (Å²) in [6, 6.07) is 0. The number of rotatable bonds is 6. The Morgan fingerprint density at radius 3 is 2.48 bits per heavy atom. The van der Waals surface area contributed by atoms with Gasteiger partial charge in [0.05, 0.1) is 11.9 Å². The predicted octanol–water partition coefficient (Wildman–Crippen LogP) is 1.45. The fraction of sp³-hybridized carbons (Fsp3) is 0.611. The van der Waals surface area contributed by atoms with Gasteiger partial charge in [-0.05, 0) is 26.3 Å². The van der Waals surface area contributed by atoms with Gasteiger partial charge in [-0.3, -0.25) is 19.1 Å². The first-order valence-corrected chi connectivity index (χ1v) is 9.07. The van der Waals surface area contributed by atoms with Gasteiger partial charge in [0.15, 0.2) is 0 Å². The van der Waals surface area contributed by atoms with Gasteiger partial charge in [-0.2, -0.15) is 10.2 Å². The van der Waals surface area contributed by atoms with Crippen LogP contribution in [0.1, 0.15) is 30.2 Å². The van der Waals surface area contributed by atoms with E-state index in [2.05, 4.69) is 35.1 Å². The van der Waals surface area contributed by atoms with Crippen LogP contribution < -0.4 is 0 Å². The Labute approximate surface area is 149 Å². The van der Waals surface area contributed by atoms with Gasteiger partial charge in [-0.1, -0.05) is 0 Å². The summed E-state index contributed by atoms with van der Waals surface area (Å²) in [5.41, 5.74) is 3.52. The minimum absolute atomic E-state index is 0.225. The van der Waals surface area contributed by atoms with Crippen molar-refractivity contribution < 1.29 is 4.79 Å². The lowest BCUT2D eigenvalue weighted by Gasteiger charge is -2.34. The van der Waals surface area contributed by atoms with Crippen LogP contribution in [0.5, 0.6) is 0 Å². The fourth-order valence-corrected chi connectivity index (χ4v) is 3.23. The summed E-state index contributed by atoms with van der Waals surface area (Å²) in [6.45, 7) is 12.1. The van der Waals surface area contributed by atoms with Crippen LogP contribution in [0.15, 0.2) is 18.6 Å². The average Bonchev–Trinajstić information content (AvgIpc) is 3.19. The van der Waals surface area contributed by atoms with Crippen LogP contribution >= 0.6 is 0 Å². The zero-order chi connectivity index (χ0) is 17.8. The summed E-state index contributed by atoms with van der Waals surface area (Å²) >= 11 is 0. The van der Waals surface area contributed by atoms with Crippen LogP contribution in [0.4, 0.5) is 0 Å². The number of nitrogens with zero attached hydrogens (tertiary/aromatic N) is 6. The van der Waals surface area contributed by atoms with Gasteiger partial charge in [0.25, 0.3) is 0 Å². The number of carbonyl (C=O) groups excluding carboxylic acids is 1. The summed E-state index contributed by atoms with van der Waals surface area (Å²) in [7, 11) is 0. The summed E-state index contributed by atoms with van der Waals surface area (Å²) in [5.74, 6) is 0.225. The maximum absolute atomic E-state index is 12.4. The van der Waals surface area contributed by atoms with Crippen LogP contribution in [0.3, 0.4) is 0 Å². The molecule has 0 saturated carbocycles. The van der Waals surface area contributed by atoms with Gasteiger partial charge >= 0.3 is 0 Å². The van der Waals surface area contributed by atoms with Crippen LogP contribution in [0, 0.1) is 13.8 Å². The molecule has 7 heteroatoms. The molecule has 1 saturated heterocycles. The molecule has 1 fully saturated rings. The van der Waals surface area contributed by atoms with E-state index < -0.39 is 0 Å². The van der Waals surface area contributed by atoms with E-state index in [1.807, 2.05) is 33.6 Å². The lowest BCUT2D eigenvalue weighted by molar-refractivity contribution is -0.133. The molecule has 0 aliphatic carbocycles. The molecule has 3 heterocycles. The highest BCUT2D eigenvalue weighted by molar-refractivity contribution is 5.76. The van der Waals surface area contributed by atoms with Gasteiger partial charge < -0.3 is 4.90 Å². The van der Waals surface area contributed by atoms with E-state index in [4.69, 9.17) is 0 Å². The summed E-state index contributed by atoms with van der Waals surface area (Å²) in [5, 5.41) is 8.75. The SMILES string of the molecule is CCn1cc(CN2CCN(C(=O)CCn3cc(C)cn3)CC2)c(C)n1. The first-order chi connectivity index (χ1) is 12.0. The second-order valence-corrected chi connectivity index (χ2v) is 6.78. The Hall–Kier alpha value is -2.15. The Morgan fingerprint density at radius 2 is 1.88 bits per heavy atom. The number of amides is 1. The number of hydrogen-bond acceptors (Lipinski definition) is 4. The quantitative estimate of drug-likeness (QED) is 0.796. The van der Waals surface area contributed by atoms with Crippen molar-refractivity contribution in [2.45, 2.75) is 46.8 Å². The molecule has 7 nitrogen and oxygen atoms in total. The molecule has 2 aromatic heterocycles. The zero-order valence-electron chi connectivity index (χ0n) is 15.5. The lowest BCUT2D eigenvalue weighted by atomic mass is 10.2. The Kier molecular flexibility index (Phi) is 5.53. The highest BCUT2D eigenvalue weighted by atomic mass is 16.2. The Balaban J connectivity index is 1.44. The molecule has 2 aromatic rings. The summed E-state index contributed by atoms with van der Waals surface area (Å²) in [6.07, 6.45) is 6.46. The largest absolute Gasteiger partial charge is 0.340 e. The number of piperazine rings is 1. The minimum Gasteiger partial charge on any atom is -0.340 e. The molecule has 1 aliphatic heterocycles. The number of aryl methyl sites for hydroxylation is 4. The zero-order valence-corrected chi connectivity index (χ0v) is 15.5. The normalized spacial score (nSPS) is 15.7. The van der Waals surface area contributed by atoms with E-state index in [0.29, 0.717) is 13.0 Å². The first-order valence-electron chi connectivity index (χ1n) is 9.07. The third-order valence-electron chi connectivity index (χ3n) is 4.81. The summed E-state index contributed by atoms with van der Waals surface area (Å²) in [4.78, 5) is 16.8. The second-order valence-electron chi connectivity index (χ2n) is 6.78. The van der Waals surface area contributed by atoms with Gasteiger partial charge in [0, 0.05) is 70.2 Å². The monoisotopic (exact) mass is 344 g/mol. The number of carbonyl (C=O) groups is 1. The van der Waals surface area contributed by atoms with E-state index in [1.165, 1.54) is 5.56 Å². The molecule has 0 atom stereocenters. The predicted molar refractivity (Wildman–Crippen MR) is 96.1 cm³/mol. The van der Waals surface area contributed by atoms with Crippen molar-refractivity contribution in [2.24, 2.45) is 0 Å². The Morgan fingerprint density at radius 1 is 1.12 bits per heavy atom. The van der Waals surface area contributed by atoms with Gasteiger partial charge in [-0.15, -0.1) is 0 Å². The lowest BCUT2D eigenvalue weighted by Crippen LogP contribution is -2.48. The molecule has 25 heavy (non-hydrogen) atoms. The van der Waals surface area contributed by atoms with E-state index in [1.54, 1.807) is 0 Å². The topological polar surface area (TPSA) is 59.2 Å². The molecule has 1 amide bonds. The molecule has 1 aliphatic rings. The summed E-state index contributed by atoms with van der Waals surface area (Å²) < 4.78 is 3.83. The minimum atomic E-state index is 0.225. The highest BCUT2D eigenvalue weighted by Crippen LogP contribution is 2.12. The van der Waals surface area contributed by atoms with Crippen molar-refractivity contribution in [3.63, 3.8) is 0 Å². The molecule has 136 valence electrons. The molecular weight excluding hydrogens is 316 g/mol. The molecule has 3 rings (SSSR count). The van der Waals surface area contributed by atoms with E-state index in [-0.39, 0.29) is 5.91 Å². The van der Waals surface area contributed by atoms with Crippen molar-refractivity contribution in [1.29, 1.82) is 0 Å². The molecule has 0 N–H and O–H groups in total. The van der Waals surface area contributed by atoms with Gasteiger partial charge in [0.2, 0.25) is 5.91 Å². The van der Waals surface area contributed by atoms with Crippen molar-refractivity contribution in [3.8, 4) is 0 Å². The molecular formula is C18H28N6O. The van der Waals surface area contributed by atoms with E-state index >= 15 is 0 Å². The van der Waals surface area contributed by atoms with Crippen LogP contribution in [0.25, 0.3) is 0 Å².